The van der Waals surface area contributed by atoms with Crippen molar-refractivity contribution in [2.24, 2.45) is 5.92 Å². The third-order valence-corrected chi connectivity index (χ3v) is 3.57. The average Bonchev–Trinajstić information content (AvgIpc) is 2.58. The topological polar surface area (TPSA) is 43.8 Å². The molecule has 3 heteroatoms. The Labute approximate surface area is 91.7 Å². The highest BCUT2D eigenvalue weighted by molar-refractivity contribution is 5.21. The van der Waals surface area contributed by atoms with Crippen molar-refractivity contribution in [2.45, 2.75) is 52.0 Å². The Kier molecular flexibility index (Phi) is 3.29. The number of aromatic nitrogens is 2. The molecule has 0 unspecified atom stereocenters. The first-order chi connectivity index (χ1) is 7.27. The minimum atomic E-state index is 0.670. The predicted octanol–water partition coefficient (Wildman–Crippen LogP) is 2.74. The molecule has 1 aliphatic carbocycles. The monoisotopic (exact) mass is 207 g/mol. The van der Waals surface area contributed by atoms with Gasteiger partial charge in [0.2, 0.25) is 0 Å². The largest absolute Gasteiger partial charge is 0.369 e. The summed E-state index contributed by atoms with van der Waals surface area (Å²) in [6, 6.07) is 0. The van der Waals surface area contributed by atoms with Crippen molar-refractivity contribution in [1.82, 2.24) is 9.55 Å². The van der Waals surface area contributed by atoms with Gasteiger partial charge in [-0.05, 0) is 19.3 Å². The van der Waals surface area contributed by atoms with Crippen LogP contribution in [0.1, 0.15) is 44.2 Å². The highest BCUT2D eigenvalue weighted by atomic mass is 15.1. The van der Waals surface area contributed by atoms with Gasteiger partial charge in [0.1, 0.15) is 0 Å². The number of rotatable bonds is 3. The van der Waals surface area contributed by atoms with Crippen molar-refractivity contribution in [1.29, 1.82) is 0 Å². The summed E-state index contributed by atoms with van der Waals surface area (Å²) in [4.78, 5) is 4.12. The smallest absolute Gasteiger partial charge is 0.200 e. The van der Waals surface area contributed by atoms with Crippen LogP contribution >= 0.6 is 0 Å². The third-order valence-electron chi connectivity index (χ3n) is 3.57. The second-order valence-electron chi connectivity index (χ2n) is 4.70. The number of aryl methyl sites for hydroxylation is 1. The van der Waals surface area contributed by atoms with Gasteiger partial charge in [0.05, 0.1) is 6.20 Å². The molecule has 1 aromatic heterocycles. The number of nitrogens with zero attached hydrogens (tertiary/aromatic N) is 2. The van der Waals surface area contributed by atoms with E-state index in [-0.39, 0.29) is 0 Å². The van der Waals surface area contributed by atoms with E-state index in [4.69, 9.17) is 5.73 Å². The van der Waals surface area contributed by atoms with Crippen LogP contribution in [-0.4, -0.2) is 9.55 Å². The van der Waals surface area contributed by atoms with Crippen LogP contribution in [0.15, 0.2) is 6.20 Å². The van der Waals surface area contributed by atoms with Gasteiger partial charge in [-0.2, -0.15) is 0 Å². The summed E-state index contributed by atoms with van der Waals surface area (Å²) in [6.07, 6.45) is 10.2. The second-order valence-corrected chi connectivity index (χ2v) is 4.70. The molecule has 0 atom stereocenters. The van der Waals surface area contributed by atoms with Crippen LogP contribution in [0.5, 0.6) is 0 Å². The maximum absolute atomic E-state index is 5.81. The number of nitrogens with two attached hydrogens (primary N) is 1. The first-order valence-corrected chi connectivity index (χ1v) is 6.05. The Hall–Kier alpha value is -0.990. The van der Waals surface area contributed by atoms with Gasteiger partial charge in [-0.15, -0.1) is 0 Å². The Bertz CT molecular complexity index is 291. The van der Waals surface area contributed by atoms with Crippen molar-refractivity contribution in [3.05, 3.63) is 11.9 Å². The molecule has 0 radical (unpaired) electrons. The van der Waals surface area contributed by atoms with Gasteiger partial charge in [-0.25, -0.2) is 4.98 Å². The molecule has 84 valence electrons. The molecule has 0 amide bonds. The summed E-state index contributed by atoms with van der Waals surface area (Å²) in [5.41, 5.74) is 6.99. The fraction of sp³-hybridized carbons (Fsp3) is 0.750. The van der Waals surface area contributed by atoms with Gasteiger partial charge in [0, 0.05) is 12.2 Å². The Balaban J connectivity index is 1.87. The molecule has 3 nitrogen and oxygen atoms in total. The van der Waals surface area contributed by atoms with E-state index in [2.05, 4.69) is 16.5 Å². The predicted molar refractivity (Wildman–Crippen MR) is 62.6 cm³/mol. The van der Waals surface area contributed by atoms with E-state index in [1.165, 1.54) is 44.2 Å². The SMILES string of the molecule is Cc1cnc(N)n1CCC1CCCCC1. The van der Waals surface area contributed by atoms with Crippen molar-refractivity contribution in [2.75, 3.05) is 5.73 Å². The van der Waals surface area contributed by atoms with E-state index in [9.17, 15) is 0 Å². The van der Waals surface area contributed by atoms with Gasteiger partial charge in [0.15, 0.2) is 5.95 Å². The quantitative estimate of drug-likeness (QED) is 0.828. The van der Waals surface area contributed by atoms with E-state index in [0.29, 0.717) is 5.95 Å². The fourth-order valence-electron chi connectivity index (χ4n) is 2.56. The van der Waals surface area contributed by atoms with Crippen LogP contribution in [0.25, 0.3) is 0 Å². The molecule has 0 saturated heterocycles. The van der Waals surface area contributed by atoms with Crippen molar-refractivity contribution in [3.8, 4) is 0 Å². The highest BCUT2D eigenvalue weighted by Crippen LogP contribution is 2.27. The molecule has 0 aliphatic heterocycles. The van der Waals surface area contributed by atoms with Gasteiger partial charge in [-0.3, -0.25) is 0 Å². The number of hydrogen-bond donors (Lipinski definition) is 1. The Morgan fingerprint density at radius 2 is 2.13 bits per heavy atom. The maximum atomic E-state index is 5.81. The zero-order valence-electron chi connectivity index (χ0n) is 9.58. The first-order valence-electron chi connectivity index (χ1n) is 6.05. The summed E-state index contributed by atoms with van der Waals surface area (Å²) in [5.74, 6) is 1.59. The zero-order valence-corrected chi connectivity index (χ0v) is 9.58. The lowest BCUT2D eigenvalue weighted by atomic mass is 9.87. The van der Waals surface area contributed by atoms with Crippen LogP contribution in [-0.2, 0) is 6.54 Å². The van der Waals surface area contributed by atoms with Crippen molar-refractivity contribution >= 4 is 5.95 Å². The first kappa shape index (κ1) is 10.5. The lowest BCUT2D eigenvalue weighted by Gasteiger charge is -2.21. The number of anilines is 1. The third kappa shape index (κ3) is 2.52. The molecule has 0 aromatic carbocycles. The van der Waals surface area contributed by atoms with Gasteiger partial charge < -0.3 is 10.3 Å². The Morgan fingerprint density at radius 1 is 1.40 bits per heavy atom. The molecular weight excluding hydrogens is 186 g/mol. The van der Waals surface area contributed by atoms with Gasteiger partial charge in [-0.1, -0.05) is 32.1 Å². The minimum absolute atomic E-state index is 0.670. The van der Waals surface area contributed by atoms with Crippen LogP contribution in [0.2, 0.25) is 0 Å². The molecule has 0 bridgehead atoms. The molecule has 1 aromatic rings. The summed E-state index contributed by atoms with van der Waals surface area (Å²) >= 11 is 0. The minimum Gasteiger partial charge on any atom is -0.369 e. The summed E-state index contributed by atoms with van der Waals surface area (Å²) in [5, 5.41) is 0. The molecule has 1 heterocycles. The van der Waals surface area contributed by atoms with Crippen LogP contribution < -0.4 is 5.73 Å². The van der Waals surface area contributed by atoms with Crippen LogP contribution in [0.4, 0.5) is 5.95 Å². The number of hydrogen-bond acceptors (Lipinski definition) is 2. The second kappa shape index (κ2) is 4.69. The summed E-state index contributed by atoms with van der Waals surface area (Å²) in [6.45, 7) is 3.12. The van der Waals surface area contributed by atoms with E-state index < -0.39 is 0 Å². The van der Waals surface area contributed by atoms with Crippen molar-refractivity contribution in [3.63, 3.8) is 0 Å². The molecule has 15 heavy (non-hydrogen) atoms. The number of imidazole rings is 1. The molecule has 1 fully saturated rings. The molecular formula is C12H21N3. The lowest BCUT2D eigenvalue weighted by Crippen LogP contribution is -2.12. The molecule has 1 aliphatic rings. The molecule has 0 spiro atoms. The van der Waals surface area contributed by atoms with Gasteiger partial charge in [0.25, 0.3) is 0 Å². The molecule has 2 rings (SSSR count). The normalized spacial score (nSPS) is 18.2. The maximum Gasteiger partial charge on any atom is 0.200 e. The highest BCUT2D eigenvalue weighted by Gasteiger charge is 2.14. The average molecular weight is 207 g/mol. The van der Waals surface area contributed by atoms with E-state index in [1.54, 1.807) is 0 Å². The van der Waals surface area contributed by atoms with E-state index in [0.717, 1.165) is 12.5 Å². The molecule has 1 saturated carbocycles. The Morgan fingerprint density at radius 3 is 2.73 bits per heavy atom. The van der Waals surface area contributed by atoms with Gasteiger partial charge >= 0.3 is 0 Å². The summed E-state index contributed by atoms with van der Waals surface area (Å²) < 4.78 is 2.13. The standard InChI is InChI=1S/C12H21N3/c1-10-9-14-12(13)15(10)8-7-11-5-3-2-4-6-11/h9,11H,2-8H2,1H3,(H2,13,14). The zero-order chi connectivity index (χ0) is 10.7. The lowest BCUT2D eigenvalue weighted by molar-refractivity contribution is 0.324. The fourth-order valence-corrected chi connectivity index (χ4v) is 2.56. The summed E-state index contributed by atoms with van der Waals surface area (Å²) in [7, 11) is 0. The van der Waals surface area contributed by atoms with Crippen LogP contribution in [0.3, 0.4) is 0 Å². The van der Waals surface area contributed by atoms with Crippen molar-refractivity contribution < 1.29 is 0 Å². The number of nitrogen functional groups attached to an aromatic ring is 1. The van der Waals surface area contributed by atoms with Crippen LogP contribution in [0, 0.1) is 12.8 Å². The van der Waals surface area contributed by atoms with E-state index >= 15 is 0 Å². The molecule has 2 N–H and O–H groups in total. The van der Waals surface area contributed by atoms with E-state index in [1.807, 2.05) is 6.20 Å².